The van der Waals surface area contributed by atoms with E-state index in [-0.39, 0.29) is 11.5 Å². The normalized spacial score (nSPS) is 13.4. The van der Waals surface area contributed by atoms with Gasteiger partial charge >= 0.3 is 0 Å². The number of fused-ring (bicyclic) bond motifs is 1. The van der Waals surface area contributed by atoms with Crippen LogP contribution in [0, 0.1) is 0 Å². The lowest BCUT2D eigenvalue weighted by molar-refractivity contribution is 0.104. The Bertz CT molecular complexity index is 1210. The van der Waals surface area contributed by atoms with E-state index in [2.05, 4.69) is 30.9 Å². The Morgan fingerprint density at radius 3 is 2.61 bits per heavy atom. The number of hydrogen-bond donors (Lipinski definition) is 1. The molecule has 3 aromatic rings. The maximum absolute atomic E-state index is 13.7. The molecule has 0 atom stereocenters. The van der Waals surface area contributed by atoms with Gasteiger partial charge in [-0.2, -0.15) is 0 Å². The summed E-state index contributed by atoms with van der Waals surface area (Å²) >= 11 is 1.55. The molecular formula is C28H29NO3S. The number of likely N-dealkylation sites (N-methyl/N-ethyl adjacent to an activating group) is 1. The highest BCUT2D eigenvalue weighted by atomic mass is 32.1. The zero-order valence-corrected chi connectivity index (χ0v) is 19.9. The maximum Gasteiger partial charge on any atom is 0.195 e. The fourth-order valence-electron chi connectivity index (χ4n) is 3.96. The van der Waals surface area contributed by atoms with Gasteiger partial charge in [-0.15, -0.1) is 11.3 Å². The molecule has 0 radical (unpaired) electrons. The van der Waals surface area contributed by atoms with E-state index in [0.29, 0.717) is 17.7 Å². The smallest absolute Gasteiger partial charge is 0.195 e. The van der Waals surface area contributed by atoms with Gasteiger partial charge in [0.15, 0.2) is 5.78 Å². The van der Waals surface area contributed by atoms with E-state index in [0.717, 1.165) is 52.3 Å². The minimum absolute atomic E-state index is 0.0188. The number of nitrogens with zero attached hydrogens (tertiary/aromatic N) is 1. The van der Waals surface area contributed by atoms with Crippen molar-refractivity contribution in [2.75, 3.05) is 26.2 Å². The quantitative estimate of drug-likeness (QED) is 0.373. The highest BCUT2D eigenvalue weighted by Crippen LogP contribution is 2.40. The van der Waals surface area contributed by atoms with Gasteiger partial charge in [-0.05, 0) is 67.5 Å². The molecule has 1 heterocycles. The number of aromatic hydroxyl groups is 1. The van der Waals surface area contributed by atoms with Crippen LogP contribution >= 0.6 is 11.3 Å². The van der Waals surface area contributed by atoms with Crippen LogP contribution in [0.15, 0.2) is 72.8 Å². The van der Waals surface area contributed by atoms with Crippen LogP contribution in [0.2, 0.25) is 0 Å². The summed E-state index contributed by atoms with van der Waals surface area (Å²) in [5.74, 6) is 0.950. The molecule has 1 aromatic heterocycles. The second-order valence-electron chi connectivity index (χ2n) is 7.92. The van der Waals surface area contributed by atoms with Crippen molar-refractivity contribution in [1.82, 2.24) is 4.90 Å². The van der Waals surface area contributed by atoms with Gasteiger partial charge in [0, 0.05) is 32.6 Å². The predicted octanol–water partition coefficient (Wildman–Crippen LogP) is 6.46. The summed E-state index contributed by atoms with van der Waals surface area (Å²) in [4.78, 5) is 16.9. The van der Waals surface area contributed by atoms with Crippen molar-refractivity contribution in [2.24, 2.45) is 0 Å². The van der Waals surface area contributed by atoms with Gasteiger partial charge in [0.05, 0.1) is 0 Å². The first kappa shape index (κ1) is 23.0. The number of benzene rings is 2. The lowest BCUT2D eigenvalue weighted by Crippen LogP contribution is -2.27. The maximum atomic E-state index is 13.7. The first-order valence-corrected chi connectivity index (χ1v) is 12.2. The monoisotopic (exact) mass is 459 g/mol. The fraction of sp³-hybridized carbons (Fsp3) is 0.250. The summed E-state index contributed by atoms with van der Waals surface area (Å²) in [6.07, 6.45) is 10.9. The van der Waals surface area contributed by atoms with Crippen LogP contribution in [0.25, 0.3) is 15.7 Å². The summed E-state index contributed by atoms with van der Waals surface area (Å²) in [6, 6.07) is 12.6. The molecule has 0 spiro atoms. The molecule has 33 heavy (non-hydrogen) atoms. The van der Waals surface area contributed by atoms with E-state index < -0.39 is 0 Å². The molecule has 1 aliphatic carbocycles. The van der Waals surface area contributed by atoms with E-state index >= 15 is 0 Å². The zero-order valence-electron chi connectivity index (χ0n) is 19.1. The molecular weight excluding hydrogens is 430 g/mol. The molecule has 0 bridgehead atoms. The molecule has 0 aliphatic heterocycles. The molecule has 1 aliphatic rings. The van der Waals surface area contributed by atoms with E-state index in [4.69, 9.17) is 4.74 Å². The Labute approximate surface area is 199 Å². The number of ketones is 1. The van der Waals surface area contributed by atoms with Gasteiger partial charge < -0.3 is 14.7 Å². The molecule has 1 N–H and O–H groups in total. The van der Waals surface area contributed by atoms with Crippen molar-refractivity contribution in [3.8, 4) is 11.5 Å². The second kappa shape index (κ2) is 10.6. The number of carbonyl (C=O) groups is 1. The van der Waals surface area contributed by atoms with Crippen LogP contribution in [0.5, 0.6) is 11.5 Å². The fourth-order valence-corrected chi connectivity index (χ4v) is 5.23. The summed E-state index contributed by atoms with van der Waals surface area (Å²) in [5, 5.41) is 10.8. The average Bonchev–Trinajstić information content (AvgIpc) is 3.00. The number of carbonyl (C=O) groups excluding carboxylic acids is 1. The van der Waals surface area contributed by atoms with Crippen LogP contribution < -0.4 is 4.74 Å². The molecule has 0 unspecified atom stereocenters. The van der Waals surface area contributed by atoms with Gasteiger partial charge in [-0.1, -0.05) is 44.2 Å². The molecule has 0 saturated heterocycles. The van der Waals surface area contributed by atoms with Crippen molar-refractivity contribution in [3.63, 3.8) is 0 Å². The van der Waals surface area contributed by atoms with Gasteiger partial charge in [-0.3, -0.25) is 4.79 Å². The van der Waals surface area contributed by atoms with Crippen molar-refractivity contribution < 1.29 is 14.6 Å². The Morgan fingerprint density at radius 1 is 1.06 bits per heavy atom. The number of ether oxygens (including phenoxy) is 1. The summed E-state index contributed by atoms with van der Waals surface area (Å²) in [6.45, 7) is 7.79. The number of rotatable bonds is 9. The van der Waals surface area contributed by atoms with Crippen LogP contribution in [0.4, 0.5) is 0 Å². The molecule has 4 rings (SSSR count). The minimum Gasteiger partial charge on any atom is -0.508 e. The number of phenolic OH excluding ortho intramolecular Hbond substituents is 1. The van der Waals surface area contributed by atoms with Crippen molar-refractivity contribution >= 4 is 32.8 Å². The summed E-state index contributed by atoms with van der Waals surface area (Å²) in [7, 11) is 0. The third-order valence-corrected chi connectivity index (χ3v) is 7.10. The van der Waals surface area contributed by atoms with Crippen molar-refractivity contribution in [1.29, 1.82) is 0 Å². The standard InChI is InChI=1S/C28H29NO3S/c1-3-29(4-2)17-18-32-23-14-11-20(12-15-23)27(31)26-24-16-13-22(30)19-25(24)33-28(26)21-9-7-5-6-8-10-21/h5-9,11-16,19,30H,3-4,10,17-18H2,1-2H3. The van der Waals surface area contributed by atoms with E-state index in [1.807, 2.05) is 48.6 Å². The minimum atomic E-state index is -0.0188. The third-order valence-electron chi connectivity index (χ3n) is 5.87. The van der Waals surface area contributed by atoms with Crippen molar-refractivity contribution in [3.05, 3.63) is 88.8 Å². The first-order valence-electron chi connectivity index (χ1n) is 11.4. The Balaban J connectivity index is 1.62. The summed E-state index contributed by atoms with van der Waals surface area (Å²) in [5.41, 5.74) is 2.42. The van der Waals surface area contributed by atoms with Crippen LogP contribution in [-0.2, 0) is 0 Å². The molecule has 0 saturated carbocycles. The molecule has 0 fully saturated rings. The van der Waals surface area contributed by atoms with E-state index in [9.17, 15) is 9.90 Å². The molecule has 5 heteroatoms. The van der Waals surface area contributed by atoms with Gasteiger partial charge in [0.2, 0.25) is 0 Å². The van der Waals surface area contributed by atoms with E-state index in [1.165, 1.54) is 0 Å². The number of phenols is 1. The Kier molecular flexibility index (Phi) is 7.43. The highest BCUT2D eigenvalue weighted by Gasteiger charge is 2.22. The van der Waals surface area contributed by atoms with Gasteiger partial charge in [0.25, 0.3) is 0 Å². The summed E-state index contributed by atoms with van der Waals surface area (Å²) < 4.78 is 6.78. The van der Waals surface area contributed by atoms with E-state index in [1.54, 1.807) is 23.5 Å². The SMILES string of the molecule is CCN(CC)CCOc1ccc(C(=O)c2c(C3=CC=CC=CC3)sc3cc(O)ccc23)cc1. The van der Waals surface area contributed by atoms with Crippen LogP contribution in [0.3, 0.4) is 0 Å². The number of allylic oxidation sites excluding steroid dienone is 6. The topological polar surface area (TPSA) is 49.8 Å². The third kappa shape index (κ3) is 5.27. The molecule has 4 nitrogen and oxygen atoms in total. The first-order chi connectivity index (χ1) is 16.1. The second-order valence-corrected chi connectivity index (χ2v) is 8.98. The highest BCUT2D eigenvalue weighted by molar-refractivity contribution is 7.20. The average molecular weight is 460 g/mol. The lowest BCUT2D eigenvalue weighted by Gasteiger charge is -2.18. The zero-order chi connectivity index (χ0) is 23.2. The molecule has 170 valence electrons. The largest absolute Gasteiger partial charge is 0.508 e. The lowest BCUT2D eigenvalue weighted by atomic mass is 9.96. The van der Waals surface area contributed by atoms with Crippen LogP contribution in [-0.4, -0.2) is 42.0 Å². The Morgan fingerprint density at radius 2 is 1.85 bits per heavy atom. The Hall–Kier alpha value is -3.15. The molecule has 2 aromatic carbocycles. The predicted molar refractivity (Wildman–Crippen MR) is 138 cm³/mol. The number of thiophene rings is 1. The van der Waals surface area contributed by atoms with Crippen molar-refractivity contribution in [2.45, 2.75) is 20.3 Å². The van der Waals surface area contributed by atoms with Crippen LogP contribution in [0.1, 0.15) is 41.1 Å². The molecule has 0 amide bonds. The van der Waals surface area contributed by atoms with Gasteiger partial charge in [-0.25, -0.2) is 0 Å². The number of hydrogen-bond acceptors (Lipinski definition) is 5. The van der Waals surface area contributed by atoms with Gasteiger partial charge in [0.1, 0.15) is 18.1 Å².